The Balaban J connectivity index is 1.83. The molecule has 2 aromatic rings. The molecule has 0 bridgehead atoms. The van der Waals surface area contributed by atoms with Crippen LogP contribution in [-0.2, 0) is 11.2 Å². The number of hydrogen-bond donors (Lipinski definition) is 2. The Morgan fingerprint density at radius 1 is 1.50 bits per heavy atom. The largest absolute Gasteiger partial charge is 0.395 e. The minimum Gasteiger partial charge on any atom is -0.395 e. The number of anilines is 1. The van der Waals surface area contributed by atoms with E-state index in [1.165, 1.54) is 4.88 Å². The number of amides is 1. The third kappa shape index (κ3) is 2.91. The summed E-state index contributed by atoms with van der Waals surface area (Å²) >= 11 is 1.66. The Hall–Kier alpha value is -1.73. The van der Waals surface area contributed by atoms with Gasteiger partial charge in [0.15, 0.2) is 0 Å². The summed E-state index contributed by atoms with van der Waals surface area (Å²) in [4.78, 5) is 25.0. The fourth-order valence-corrected chi connectivity index (χ4v) is 3.71. The minimum absolute atomic E-state index is 0.000598. The number of aliphatic hydroxyl groups excluding tert-OH is 1. The lowest BCUT2D eigenvalue weighted by Gasteiger charge is -2.32. The smallest absolute Gasteiger partial charge is 0.245 e. The monoisotopic (exact) mass is 320 g/mol. The van der Waals surface area contributed by atoms with Crippen LogP contribution in [0, 0.1) is 0 Å². The quantitative estimate of drug-likeness (QED) is 0.876. The van der Waals surface area contributed by atoms with Gasteiger partial charge >= 0.3 is 0 Å². The molecule has 1 aliphatic heterocycles. The molecule has 1 amide bonds. The standard InChI is InChI=1S/C15H20N4O2S/c1-2-10-8-11-13(16-9-17-14(11)22-10)18-12-4-3-5-19(6-7-20)15(12)21/h8-9,12,20H,2-7H2,1H3,(H,16,17,18). The second-order valence-corrected chi connectivity index (χ2v) is 6.51. The lowest BCUT2D eigenvalue weighted by atomic mass is 10.0. The van der Waals surface area contributed by atoms with E-state index in [2.05, 4.69) is 28.3 Å². The lowest BCUT2D eigenvalue weighted by molar-refractivity contribution is -0.134. The molecular formula is C15H20N4O2S. The molecule has 0 radical (unpaired) electrons. The number of hydrogen-bond acceptors (Lipinski definition) is 6. The summed E-state index contributed by atoms with van der Waals surface area (Å²) in [6, 6.07) is 1.82. The van der Waals surface area contributed by atoms with Crippen molar-refractivity contribution in [3.05, 3.63) is 17.3 Å². The first kappa shape index (κ1) is 15.2. The van der Waals surface area contributed by atoms with Gasteiger partial charge in [0, 0.05) is 18.0 Å². The Kier molecular flexibility index (Phi) is 4.54. The van der Waals surface area contributed by atoms with Crippen molar-refractivity contribution >= 4 is 33.3 Å². The molecule has 1 atom stereocenters. The maximum Gasteiger partial charge on any atom is 0.245 e. The van der Waals surface area contributed by atoms with Crippen molar-refractivity contribution in [2.75, 3.05) is 25.0 Å². The second kappa shape index (κ2) is 6.58. The molecular weight excluding hydrogens is 300 g/mol. The number of thiophene rings is 1. The Labute approximate surface area is 133 Å². The number of fused-ring (bicyclic) bond motifs is 1. The van der Waals surface area contributed by atoms with E-state index in [0.29, 0.717) is 6.54 Å². The van der Waals surface area contributed by atoms with Gasteiger partial charge < -0.3 is 15.3 Å². The normalized spacial score (nSPS) is 18.9. The van der Waals surface area contributed by atoms with Gasteiger partial charge in [0.25, 0.3) is 0 Å². The minimum atomic E-state index is -0.275. The molecule has 0 saturated carbocycles. The molecule has 3 heterocycles. The van der Waals surface area contributed by atoms with Gasteiger partial charge in [-0.3, -0.25) is 4.79 Å². The van der Waals surface area contributed by atoms with Gasteiger partial charge in [-0.05, 0) is 25.3 Å². The van der Waals surface area contributed by atoms with Crippen LogP contribution < -0.4 is 5.32 Å². The molecule has 2 aromatic heterocycles. The zero-order valence-corrected chi connectivity index (χ0v) is 13.4. The van der Waals surface area contributed by atoms with E-state index in [9.17, 15) is 4.79 Å². The van der Waals surface area contributed by atoms with Crippen LogP contribution in [0.1, 0.15) is 24.6 Å². The summed E-state index contributed by atoms with van der Waals surface area (Å²) < 4.78 is 0. The van der Waals surface area contributed by atoms with Crippen molar-refractivity contribution in [3.63, 3.8) is 0 Å². The van der Waals surface area contributed by atoms with Crippen molar-refractivity contribution in [2.45, 2.75) is 32.2 Å². The van der Waals surface area contributed by atoms with Crippen LogP contribution in [0.2, 0.25) is 0 Å². The first-order valence-corrected chi connectivity index (χ1v) is 8.44. The highest BCUT2D eigenvalue weighted by Crippen LogP contribution is 2.29. The molecule has 1 aliphatic rings. The van der Waals surface area contributed by atoms with E-state index in [4.69, 9.17) is 5.11 Å². The van der Waals surface area contributed by atoms with Gasteiger partial charge in [-0.2, -0.15) is 0 Å². The predicted molar refractivity (Wildman–Crippen MR) is 87.1 cm³/mol. The van der Waals surface area contributed by atoms with Gasteiger partial charge in [0.2, 0.25) is 5.91 Å². The van der Waals surface area contributed by atoms with Gasteiger partial charge in [0.1, 0.15) is 23.0 Å². The summed E-state index contributed by atoms with van der Waals surface area (Å²) in [5.74, 6) is 0.767. The fraction of sp³-hybridized carbons (Fsp3) is 0.533. The number of nitrogens with zero attached hydrogens (tertiary/aromatic N) is 3. The molecule has 0 aromatic carbocycles. The summed E-state index contributed by atoms with van der Waals surface area (Å²) in [5.41, 5.74) is 0. The van der Waals surface area contributed by atoms with Crippen molar-refractivity contribution < 1.29 is 9.90 Å². The summed E-state index contributed by atoms with van der Waals surface area (Å²) in [6.45, 7) is 3.23. The molecule has 0 aliphatic carbocycles. The van der Waals surface area contributed by atoms with Crippen LogP contribution in [0.25, 0.3) is 10.2 Å². The lowest BCUT2D eigenvalue weighted by Crippen LogP contribution is -2.48. The zero-order valence-electron chi connectivity index (χ0n) is 12.6. The van der Waals surface area contributed by atoms with E-state index in [-0.39, 0.29) is 18.6 Å². The fourth-order valence-electron chi connectivity index (χ4n) is 2.78. The van der Waals surface area contributed by atoms with Crippen molar-refractivity contribution in [2.24, 2.45) is 0 Å². The second-order valence-electron chi connectivity index (χ2n) is 5.40. The third-order valence-electron chi connectivity index (χ3n) is 3.94. The van der Waals surface area contributed by atoms with Gasteiger partial charge in [-0.15, -0.1) is 11.3 Å². The van der Waals surface area contributed by atoms with E-state index in [1.54, 1.807) is 22.6 Å². The van der Waals surface area contributed by atoms with Crippen molar-refractivity contribution in [1.29, 1.82) is 0 Å². The molecule has 3 rings (SSSR count). The number of rotatable bonds is 5. The number of β-amino-alcohol motifs (C(OH)–C–C–N with tert-alkyl or cyclic N) is 1. The van der Waals surface area contributed by atoms with Crippen LogP contribution in [0.3, 0.4) is 0 Å². The summed E-state index contributed by atoms with van der Waals surface area (Å²) in [5, 5.41) is 13.3. The maximum absolute atomic E-state index is 12.4. The first-order valence-electron chi connectivity index (χ1n) is 7.62. The highest BCUT2D eigenvalue weighted by atomic mass is 32.1. The highest BCUT2D eigenvalue weighted by Gasteiger charge is 2.29. The Morgan fingerprint density at radius 2 is 2.36 bits per heavy atom. The molecule has 2 N–H and O–H groups in total. The van der Waals surface area contributed by atoms with E-state index < -0.39 is 0 Å². The molecule has 0 spiro atoms. The first-order chi connectivity index (χ1) is 10.7. The van der Waals surface area contributed by atoms with E-state index in [0.717, 1.165) is 41.8 Å². The van der Waals surface area contributed by atoms with Crippen molar-refractivity contribution in [3.8, 4) is 0 Å². The number of aromatic nitrogens is 2. The topological polar surface area (TPSA) is 78.4 Å². The van der Waals surface area contributed by atoms with Crippen LogP contribution in [-0.4, -0.2) is 51.6 Å². The van der Waals surface area contributed by atoms with Crippen LogP contribution in [0.5, 0.6) is 0 Å². The number of aryl methyl sites for hydroxylation is 1. The van der Waals surface area contributed by atoms with Crippen LogP contribution in [0.4, 0.5) is 5.82 Å². The number of aliphatic hydroxyl groups is 1. The molecule has 1 unspecified atom stereocenters. The molecule has 1 fully saturated rings. The number of piperidine rings is 1. The van der Waals surface area contributed by atoms with E-state index in [1.807, 2.05) is 0 Å². The maximum atomic E-state index is 12.4. The molecule has 1 saturated heterocycles. The number of nitrogens with one attached hydrogen (secondary N) is 1. The van der Waals surface area contributed by atoms with Gasteiger partial charge in [-0.1, -0.05) is 6.92 Å². The van der Waals surface area contributed by atoms with Crippen molar-refractivity contribution in [1.82, 2.24) is 14.9 Å². The summed E-state index contributed by atoms with van der Waals surface area (Å²) in [6.07, 6.45) is 4.23. The summed E-state index contributed by atoms with van der Waals surface area (Å²) in [7, 11) is 0. The third-order valence-corrected chi connectivity index (χ3v) is 5.13. The number of carbonyl (C=O) groups is 1. The zero-order chi connectivity index (χ0) is 15.5. The van der Waals surface area contributed by atoms with Gasteiger partial charge in [0.05, 0.1) is 12.0 Å². The highest BCUT2D eigenvalue weighted by molar-refractivity contribution is 7.18. The molecule has 7 heteroatoms. The Morgan fingerprint density at radius 3 is 3.14 bits per heavy atom. The van der Waals surface area contributed by atoms with Gasteiger partial charge in [-0.25, -0.2) is 9.97 Å². The number of likely N-dealkylation sites (tertiary alicyclic amines) is 1. The Bertz CT molecular complexity index is 671. The number of carbonyl (C=O) groups excluding carboxylic acids is 1. The molecule has 6 nitrogen and oxygen atoms in total. The SMILES string of the molecule is CCc1cc2c(NC3CCCN(CCO)C3=O)ncnc2s1. The molecule has 22 heavy (non-hydrogen) atoms. The molecule has 118 valence electrons. The van der Waals surface area contributed by atoms with E-state index >= 15 is 0 Å². The predicted octanol–water partition coefficient (Wildman–Crippen LogP) is 1.65. The average Bonchev–Trinajstić information content (AvgIpc) is 2.96. The van der Waals surface area contributed by atoms with Crippen LogP contribution in [0.15, 0.2) is 12.4 Å². The van der Waals surface area contributed by atoms with Crippen LogP contribution >= 0.6 is 11.3 Å². The average molecular weight is 320 g/mol.